The van der Waals surface area contributed by atoms with E-state index in [0.717, 1.165) is 11.1 Å². The molecule has 0 N–H and O–H groups in total. The van der Waals surface area contributed by atoms with E-state index >= 15 is 0 Å². The van der Waals surface area contributed by atoms with Crippen molar-refractivity contribution in [1.29, 1.82) is 0 Å². The van der Waals surface area contributed by atoms with Gasteiger partial charge < -0.3 is 13.9 Å². The van der Waals surface area contributed by atoms with Crippen LogP contribution in [0.15, 0.2) is 21.3 Å². The summed E-state index contributed by atoms with van der Waals surface area (Å²) in [4.78, 5) is 23.3. The van der Waals surface area contributed by atoms with Gasteiger partial charge in [0.05, 0.1) is 12.5 Å². The molecule has 112 valence electrons. The molecule has 2 rings (SSSR count). The predicted octanol–water partition coefficient (Wildman–Crippen LogP) is 2.66. The third-order valence-corrected chi connectivity index (χ3v) is 3.49. The van der Waals surface area contributed by atoms with Gasteiger partial charge in [0, 0.05) is 5.56 Å². The van der Waals surface area contributed by atoms with E-state index in [-0.39, 0.29) is 5.63 Å². The number of carbonyl (C=O) groups excluding carboxylic acids is 1. The second-order valence-corrected chi connectivity index (χ2v) is 5.06. The summed E-state index contributed by atoms with van der Waals surface area (Å²) in [6, 6.07) is 3.59. The predicted molar refractivity (Wildman–Crippen MR) is 78.8 cm³/mol. The summed E-state index contributed by atoms with van der Waals surface area (Å²) in [7, 11) is 1.31. The first kappa shape index (κ1) is 15.1. The maximum atomic E-state index is 11.8. The van der Waals surface area contributed by atoms with E-state index in [1.54, 1.807) is 19.9 Å². The summed E-state index contributed by atoms with van der Waals surface area (Å²) >= 11 is 0. The average Bonchev–Trinajstić information content (AvgIpc) is 2.43. The highest BCUT2D eigenvalue weighted by Crippen LogP contribution is 2.31. The van der Waals surface area contributed by atoms with Gasteiger partial charge in [0.25, 0.3) is 0 Å². The Hall–Kier alpha value is -2.30. The zero-order valence-electron chi connectivity index (χ0n) is 12.8. The summed E-state index contributed by atoms with van der Waals surface area (Å²) in [5.41, 5.74) is 2.28. The SMILES string of the molecule is COC(=O)C(C)Oc1cc(C)cc2oc(=O)c(C)c(C)c12. The number of hydrogen-bond donors (Lipinski definition) is 0. The molecular formula is C16H18O5. The largest absolute Gasteiger partial charge is 0.478 e. The number of aryl methyl sites for hydroxylation is 2. The number of fused-ring (bicyclic) bond motifs is 1. The van der Waals surface area contributed by atoms with E-state index < -0.39 is 12.1 Å². The van der Waals surface area contributed by atoms with E-state index in [4.69, 9.17) is 9.15 Å². The van der Waals surface area contributed by atoms with Crippen molar-refractivity contribution in [1.82, 2.24) is 0 Å². The molecule has 0 aliphatic rings. The summed E-state index contributed by atoms with van der Waals surface area (Å²) in [6.45, 7) is 7.01. The number of carbonyl (C=O) groups is 1. The second kappa shape index (κ2) is 5.60. The topological polar surface area (TPSA) is 65.7 Å². The number of methoxy groups -OCH3 is 1. The van der Waals surface area contributed by atoms with E-state index in [1.807, 2.05) is 19.9 Å². The highest BCUT2D eigenvalue weighted by atomic mass is 16.6. The zero-order valence-corrected chi connectivity index (χ0v) is 12.8. The Bertz CT molecular complexity index is 757. The van der Waals surface area contributed by atoms with Crippen molar-refractivity contribution in [3.8, 4) is 5.75 Å². The Morgan fingerprint density at radius 3 is 2.48 bits per heavy atom. The van der Waals surface area contributed by atoms with Crippen LogP contribution in [0.2, 0.25) is 0 Å². The minimum atomic E-state index is -0.744. The standard InChI is InChI=1S/C16H18O5/c1-8-6-12(20-11(4)16(18)19-5)14-9(2)10(3)15(17)21-13(14)7-8/h6-7,11H,1-5H3. The van der Waals surface area contributed by atoms with E-state index in [2.05, 4.69) is 4.74 Å². The fraction of sp³-hybridized carbons (Fsp3) is 0.375. The van der Waals surface area contributed by atoms with Crippen LogP contribution in [0.4, 0.5) is 0 Å². The lowest BCUT2D eigenvalue weighted by molar-refractivity contribution is -0.147. The molecule has 0 aliphatic heterocycles. The van der Waals surface area contributed by atoms with Crippen molar-refractivity contribution in [3.63, 3.8) is 0 Å². The molecule has 0 spiro atoms. The third kappa shape index (κ3) is 2.77. The van der Waals surface area contributed by atoms with Gasteiger partial charge in [-0.25, -0.2) is 9.59 Å². The van der Waals surface area contributed by atoms with Crippen LogP contribution < -0.4 is 10.4 Å². The van der Waals surface area contributed by atoms with Crippen LogP contribution in [-0.4, -0.2) is 19.2 Å². The van der Waals surface area contributed by atoms with E-state index in [0.29, 0.717) is 22.3 Å². The van der Waals surface area contributed by atoms with Gasteiger partial charge in [-0.3, -0.25) is 0 Å². The highest BCUT2D eigenvalue weighted by Gasteiger charge is 2.19. The molecule has 5 nitrogen and oxygen atoms in total. The molecule has 1 unspecified atom stereocenters. The van der Waals surface area contributed by atoms with Gasteiger partial charge in [-0.05, 0) is 51.0 Å². The zero-order chi connectivity index (χ0) is 15.7. The highest BCUT2D eigenvalue weighted by molar-refractivity contribution is 5.88. The van der Waals surface area contributed by atoms with Crippen LogP contribution >= 0.6 is 0 Å². The molecule has 0 radical (unpaired) electrons. The number of rotatable bonds is 3. The van der Waals surface area contributed by atoms with Gasteiger partial charge in [-0.15, -0.1) is 0 Å². The molecule has 1 atom stereocenters. The molecule has 0 aliphatic carbocycles. The smallest absolute Gasteiger partial charge is 0.346 e. The molecule has 1 aromatic heterocycles. The number of ether oxygens (including phenoxy) is 2. The van der Waals surface area contributed by atoms with Crippen LogP contribution in [0.3, 0.4) is 0 Å². The molecule has 2 aromatic rings. The molecule has 1 aromatic carbocycles. The van der Waals surface area contributed by atoms with Crippen LogP contribution in [0.25, 0.3) is 11.0 Å². The van der Waals surface area contributed by atoms with Crippen LogP contribution in [0.5, 0.6) is 5.75 Å². The average molecular weight is 290 g/mol. The Balaban J connectivity index is 2.65. The van der Waals surface area contributed by atoms with Crippen molar-refractivity contribution in [2.45, 2.75) is 33.8 Å². The summed E-state index contributed by atoms with van der Waals surface area (Å²) < 4.78 is 15.7. The summed E-state index contributed by atoms with van der Waals surface area (Å²) in [5.74, 6) is 0.0451. The van der Waals surface area contributed by atoms with Crippen molar-refractivity contribution in [3.05, 3.63) is 39.2 Å². The molecule has 0 saturated heterocycles. The molecule has 0 amide bonds. The maximum Gasteiger partial charge on any atom is 0.346 e. The van der Waals surface area contributed by atoms with Crippen LogP contribution in [0.1, 0.15) is 23.6 Å². The van der Waals surface area contributed by atoms with Crippen LogP contribution in [-0.2, 0) is 9.53 Å². The molecule has 21 heavy (non-hydrogen) atoms. The fourth-order valence-corrected chi connectivity index (χ4v) is 2.19. The normalized spacial score (nSPS) is 12.2. The van der Waals surface area contributed by atoms with E-state index in [1.165, 1.54) is 7.11 Å². The first-order chi connectivity index (χ1) is 9.85. The molecule has 5 heteroatoms. The lowest BCUT2D eigenvalue weighted by Gasteiger charge is -2.16. The van der Waals surface area contributed by atoms with Gasteiger partial charge in [0.15, 0.2) is 6.10 Å². The van der Waals surface area contributed by atoms with Gasteiger partial charge in [-0.1, -0.05) is 0 Å². The third-order valence-electron chi connectivity index (χ3n) is 3.49. The monoisotopic (exact) mass is 290 g/mol. The fourth-order valence-electron chi connectivity index (χ4n) is 2.19. The molecule has 0 bridgehead atoms. The van der Waals surface area contributed by atoms with E-state index in [9.17, 15) is 9.59 Å². The molecule has 1 heterocycles. The number of esters is 1. The first-order valence-electron chi connectivity index (χ1n) is 6.64. The first-order valence-corrected chi connectivity index (χ1v) is 6.64. The van der Waals surface area contributed by atoms with Crippen molar-refractivity contribution in [2.75, 3.05) is 7.11 Å². The summed E-state index contributed by atoms with van der Waals surface area (Å²) in [5, 5.41) is 0.702. The van der Waals surface area contributed by atoms with Gasteiger partial charge in [0.2, 0.25) is 0 Å². The number of benzene rings is 1. The lowest BCUT2D eigenvalue weighted by Crippen LogP contribution is -2.25. The van der Waals surface area contributed by atoms with Gasteiger partial charge >= 0.3 is 11.6 Å². The Morgan fingerprint density at radius 1 is 1.19 bits per heavy atom. The quantitative estimate of drug-likeness (QED) is 0.642. The molecule has 0 fully saturated rings. The lowest BCUT2D eigenvalue weighted by atomic mass is 10.0. The van der Waals surface area contributed by atoms with Crippen molar-refractivity contribution >= 4 is 16.9 Å². The van der Waals surface area contributed by atoms with Gasteiger partial charge in [0.1, 0.15) is 11.3 Å². The summed E-state index contributed by atoms with van der Waals surface area (Å²) in [6.07, 6.45) is -0.744. The second-order valence-electron chi connectivity index (χ2n) is 5.06. The Labute approximate surface area is 122 Å². The van der Waals surface area contributed by atoms with Gasteiger partial charge in [-0.2, -0.15) is 0 Å². The molecular weight excluding hydrogens is 272 g/mol. The Morgan fingerprint density at radius 2 is 1.86 bits per heavy atom. The number of hydrogen-bond acceptors (Lipinski definition) is 5. The molecule has 0 saturated carbocycles. The Kier molecular flexibility index (Phi) is 4.02. The van der Waals surface area contributed by atoms with Crippen LogP contribution in [0, 0.1) is 20.8 Å². The van der Waals surface area contributed by atoms with Crippen molar-refractivity contribution in [2.24, 2.45) is 0 Å². The minimum Gasteiger partial charge on any atom is -0.478 e. The maximum absolute atomic E-state index is 11.8. The van der Waals surface area contributed by atoms with Crippen molar-refractivity contribution < 1.29 is 18.7 Å². The minimum absolute atomic E-state index is 0.363.